The molecule has 0 aromatic heterocycles. The van der Waals surface area contributed by atoms with Crippen LogP contribution in [0.4, 0.5) is 0 Å². The van der Waals surface area contributed by atoms with Crippen molar-refractivity contribution >= 4 is 5.57 Å². The molecule has 2 aromatic carbocycles. The molecule has 0 radical (unpaired) electrons. The second-order valence-electron chi connectivity index (χ2n) is 4.30. The van der Waals surface area contributed by atoms with Gasteiger partial charge in [-0.05, 0) is 35.3 Å². The average Bonchev–Trinajstić information content (AvgIpc) is 2.48. The van der Waals surface area contributed by atoms with Crippen molar-refractivity contribution in [2.75, 3.05) is 13.7 Å². The van der Waals surface area contributed by atoms with Gasteiger partial charge in [0.15, 0.2) is 0 Å². The summed E-state index contributed by atoms with van der Waals surface area (Å²) in [6.07, 6.45) is 2.66. The Kier molecular flexibility index (Phi) is 4.76. The van der Waals surface area contributed by atoms with Gasteiger partial charge >= 0.3 is 0 Å². The van der Waals surface area contributed by atoms with E-state index in [1.807, 2.05) is 48.5 Å². The van der Waals surface area contributed by atoms with Crippen molar-refractivity contribution in [3.05, 3.63) is 71.8 Å². The zero-order valence-electron chi connectivity index (χ0n) is 11.0. The van der Waals surface area contributed by atoms with Crippen LogP contribution in [0.5, 0.6) is 5.75 Å². The first-order valence-corrected chi connectivity index (χ1v) is 6.31. The van der Waals surface area contributed by atoms with E-state index in [-0.39, 0.29) is 6.61 Å². The van der Waals surface area contributed by atoms with Gasteiger partial charge in [-0.15, -0.1) is 0 Å². The summed E-state index contributed by atoms with van der Waals surface area (Å²) in [7, 11) is 1.66. The van der Waals surface area contributed by atoms with E-state index in [0.717, 1.165) is 23.3 Å². The summed E-state index contributed by atoms with van der Waals surface area (Å²) in [5.74, 6) is 0.858. The summed E-state index contributed by atoms with van der Waals surface area (Å²) < 4.78 is 5.15. The molecule has 2 heteroatoms. The maximum Gasteiger partial charge on any atom is 0.118 e. The highest BCUT2D eigenvalue weighted by atomic mass is 16.5. The van der Waals surface area contributed by atoms with Crippen molar-refractivity contribution in [2.45, 2.75) is 6.42 Å². The van der Waals surface area contributed by atoms with Gasteiger partial charge in [-0.2, -0.15) is 0 Å². The second kappa shape index (κ2) is 6.76. The molecule has 2 aromatic rings. The van der Waals surface area contributed by atoms with Crippen LogP contribution in [0.25, 0.3) is 5.57 Å². The smallest absolute Gasteiger partial charge is 0.118 e. The van der Waals surface area contributed by atoms with Gasteiger partial charge in [0, 0.05) is 0 Å². The topological polar surface area (TPSA) is 29.5 Å². The van der Waals surface area contributed by atoms with Gasteiger partial charge in [0.1, 0.15) is 5.75 Å². The molecule has 0 atom stereocenters. The number of rotatable bonds is 5. The summed E-state index contributed by atoms with van der Waals surface area (Å²) in [6.45, 7) is 0.0559. The third-order valence-electron chi connectivity index (χ3n) is 3.04. The molecule has 19 heavy (non-hydrogen) atoms. The molecule has 0 spiro atoms. The van der Waals surface area contributed by atoms with Crippen LogP contribution in [0.2, 0.25) is 0 Å². The van der Waals surface area contributed by atoms with E-state index in [9.17, 15) is 0 Å². The number of hydrogen-bond donors (Lipinski definition) is 1. The molecule has 0 aliphatic heterocycles. The summed E-state index contributed by atoms with van der Waals surface area (Å²) in [5, 5.41) is 9.16. The number of benzene rings is 2. The van der Waals surface area contributed by atoms with Crippen molar-refractivity contribution in [3.63, 3.8) is 0 Å². The van der Waals surface area contributed by atoms with Crippen molar-refractivity contribution in [3.8, 4) is 5.75 Å². The molecule has 1 N–H and O–H groups in total. The Bertz CT molecular complexity index is 527. The molecule has 98 valence electrons. The number of allylic oxidation sites excluding steroid dienone is 1. The number of aliphatic hydroxyl groups is 1. The first-order chi connectivity index (χ1) is 9.33. The Hall–Kier alpha value is -2.06. The highest BCUT2D eigenvalue weighted by Crippen LogP contribution is 2.21. The Labute approximate surface area is 114 Å². The Morgan fingerprint density at radius 2 is 1.74 bits per heavy atom. The molecule has 0 fully saturated rings. The van der Waals surface area contributed by atoms with Crippen LogP contribution in [0.1, 0.15) is 11.1 Å². The molecule has 0 aliphatic carbocycles. The fourth-order valence-electron chi connectivity index (χ4n) is 2.02. The van der Waals surface area contributed by atoms with Gasteiger partial charge in [0.05, 0.1) is 13.7 Å². The van der Waals surface area contributed by atoms with Crippen LogP contribution in [-0.2, 0) is 6.42 Å². The van der Waals surface area contributed by atoms with Gasteiger partial charge in [0.25, 0.3) is 0 Å². The van der Waals surface area contributed by atoms with Crippen molar-refractivity contribution < 1.29 is 9.84 Å². The summed E-state index contributed by atoms with van der Waals surface area (Å²) in [4.78, 5) is 0. The minimum atomic E-state index is 0.0559. The highest BCUT2D eigenvalue weighted by molar-refractivity contribution is 5.67. The molecule has 2 rings (SSSR count). The highest BCUT2D eigenvalue weighted by Gasteiger charge is 2.03. The van der Waals surface area contributed by atoms with E-state index < -0.39 is 0 Å². The minimum Gasteiger partial charge on any atom is -0.497 e. The van der Waals surface area contributed by atoms with E-state index in [1.165, 1.54) is 5.56 Å². The molecule has 2 nitrogen and oxygen atoms in total. The standard InChI is InChI=1S/C17H18O2/c1-19-17-9-7-14(8-10-17)13-16(11-12-18)15-5-3-2-4-6-15/h2-11,18H,12-13H2,1H3/b16-11+. The maximum atomic E-state index is 9.16. The Morgan fingerprint density at radius 3 is 2.32 bits per heavy atom. The fourth-order valence-corrected chi connectivity index (χ4v) is 2.02. The third-order valence-corrected chi connectivity index (χ3v) is 3.04. The molecular weight excluding hydrogens is 236 g/mol. The largest absolute Gasteiger partial charge is 0.497 e. The van der Waals surface area contributed by atoms with Crippen LogP contribution >= 0.6 is 0 Å². The van der Waals surface area contributed by atoms with Crippen molar-refractivity contribution in [1.82, 2.24) is 0 Å². The molecular formula is C17H18O2. The quantitative estimate of drug-likeness (QED) is 0.887. The summed E-state index contributed by atoms with van der Waals surface area (Å²) >= 11 is 0. The SMILES string of the molecule is COc1ccc(C/C(=C\CO)c2ccccc2)cc1. The lowest BCUT2D eigenvalue weighted by molar-refractivity contribution is 0.343. The van der Waals surface area contributed by atoms with Crippen molar-refractivity contribution in [2.24, 2.45) is 0 Å². The van der Waals surface area contributed by atoms with Crippen molar-refractivity contribution in [1.29, 1.82) is 0 Å². The van der Waals surface area contributed by atoms with E-state index in [4.69, 9.17) is 9.84 Å². The van der Waals surface area contributed by atoms with E-state index >= 15 is 0 Å². The number of aliphatic hydroxyl groups excluding tert-OH is 1. The van der Waals surface area contributed by atoms with Gasteiger partial charge < -0.3 is 9.84 Å². The molecule has 0 heterocycles. The predicted molar refractivity (Wildman–Crippen MR) is 78.2 cm³/mol. The lowest BCUT2D eigenvalue weighted by Crippen LogP contribution is -1.93. The van der Waals surface area contributed by atoms with Gasteiger partial charge in [0.2, 0.25) is 0 Å². The number of ether oxygens (including phenoxy) is 1. The van der Waals surface area contributed by atoms with Gasteiger partial charge in [-0.3, -0.25) is 0 Å². The number of hydrogen-bond acceptors (Lipinski definition) is 2. The van der Waals surface area contributed by atoms with Crippen LogP contribution in [-0.4, -0.2) is 18.8 Å². The Morgan fingerprint density at radius 1 is 1.05 bits per heavy atom. The van der Waals surface area contributed by atoms with E-state index in [2.05, 4.69) is 12.1 Å². The van der Waals surface area contributed by atoms with Gasteiger partial charge in [-0.25, -0.2) is 0 Å². The molecule has 0 aliphatic rings. The lowest BCUT2D eigenvalue weighted by Gasteiger charge is -2.09. The fraction of sp³-hybridized carbons (Fsp3) is 0.176. The van der Waals surface area contributed by atoms with E-state index in [1.54, 1.807) is 7.11 Å². The van der Waals surface area contributed by atoms with Crippen LogP contribution in [0.15, 0.2) is 60.7 Å². The third kappa shape index (κ3) is 3.70. The molecule has 0 saturated heterocycles. The van der Waals surface area contributed by atoms with Crippen LogP contribution in [0, 0.1) is 0 Å². The monoisotopic (exact) mass is 254 g/mol. The molecule has 0 amide bonds. The molecule has 0 bridgehead atoms. The molecule has 0 unspecified atom stereocenters. The molecule has 0 saturated carbocycles. The minimum absolute atomic E-state index is 0.0559. The zero-order chi connectivity index (χ0) is 13.5. The zero-order valence-corrected chi connectivity index (χ0v) is 11.0. The van der Waals surface area contributed by atoms with Crippen LogP contribution in [0.3, 0.4) is 0 Å². The first-order valence-electron chi connectivity index (χ1n) is 6.31. The van der Waals surface area contributed by atoms with Crippen LogP contribution < -0.4 is 4.74 Å². The maximum absolute atomic E-state index is 9.16. The van der Waals surface area contributed by atoms with E-state index in [0.29, 0.717) is 0 Å². The average molecular weight is 254 g/mol. The summed E-state index contributed by atoms with van der Waals surface area (Å²) in [6, 6.07) is 18.1. The first kappa shape index (κ1) is 13.4. The normalized spacial score (nSPS) is 11.4. The second-order valence-corrected chi connectivity index (χ2v) is 4.30. The number of methoxy groups -OCH3 is 1. The lowest BCUT2D eigenvalue weighted by atomic mass is 9.98. The predicted octanol–water partition coefficient (Wildman–Crippen LogP) is 3.31. The Balaban J connectivity index is 2.19. The van der Waals surface area contributed by atoms with Gasteiger partial charge in [-0.1, -0.05) is 48.5 Å². The summed E-state index contributed by atoms with van der Waals surface area (Å²) in [5.41, 5.74) is 3.48.